The van der Waals surface area contributed by atoms with Crippen LogP contribution < -0.4 is 0 Å². The van der Waals surface area contributed by atoms with Crippen molar-refractivity contribution >= 4 is 0 Å². The fourth-order valence-electron chi connectivity index (χ4n) is 2.94. The molecule has 2 heterocycles. The maximum absolute atomic E-state index is 14.0. The van der Waals surface area contributed by atoms with Crippen LogP contribution in [0, 0.1) is 17.1 Å². The standard InChI is InChI=1S/C17H16FN3/c18-16-10-13(11-19)3-4-15(16)12-21-9-1-2-17(21)14-5-7-20-8-6-14/h3-8,10,17H,1-2,9,12H2/t17-/m0/s1. The van der Waals surface area contributed by atoms with Gasteiger partial charge in [0, 0.05) is 30.5 Å². The normalized spacial score (nSPS) is 18.6. The summed E-state index contributed by atoms with van der Waals surface area (Å²) < 4.78 is 14.0. The molecule has 1 aliphatic heterocycles. The smallest absolute Gasteiger partial charge is 0.129 e. The molecule has 0 radical (unpaired) electrons. The van der Waals surface area contributed by atoms with Crippen LogP contribution in [0.15, 0.2) is 42.7 Å². The van der Waals surface area contributed by atoms with E-state index in [0.717, 1.165) is 19.4 Å². The van der Waals surface area contributed by atoms with Crippen molar-refractivity contribution < 1.29 is 4.39 Å². The van der Waals surface area contributed by atoms with Gasteiger partial charge in [-0.2, -0.15) is 5.26 Å². The SMILES string of the molecule is N#Cc1ccc(CN2CCC[C@H]2c2ccncc2)c(F)c1. The van der Waals surface area contributed by atoms with E-state index in [1.54, 1.807) is 24.5 Å². The van der Waals surface area contributed by atoms with Gasteiger partial charge in [0.2, 0.25) is 0 Å². The van der Waals surface area contributed by atoms with Gasteiger partial charge in [0.15, 0.2) is 0 Å². The van der Waals surface area contributed by atoms with Gasteiger partial charge in [-0.1, -0.05) is 6.07 Å². The molecule has 0 unspecified atom stereocenters. The van der Waals surface area contributed by atoms with Crippen LogP contribution in [-0.4, -0.2) is 16.4 Å². The third kappa shape index (κ3) is 2.93. The second kappa shape index (κ2) is 6.02. The largest absolute Gasteiger partial charge is 0.292 e. The highest BCUT2D eigenvalue weighted by atomic mass is 19.1. The first-order valence-electron chi connectivity index (χ1n) is 7.10. The first-order valence-corrected chi connectivity index (χ1v) is 7.10. The lowest BCUT2D eigenvalue weighted by Gasteiger charge is -2.25. The first-order chi connectivity index (χ1) is 10.3. The molecule has 0 N–H and O–H groups in total. The van der Waals surface area contributed by atoms with Crippen molar-refractivity contribution in [2.45, 2.75) is 25.4 Å². The van der Waals surface area contributed by atoms with Gasteiger partial charge in [0.25, 0.3) is 0 Å². The monoisotopic (exact) mass is 281 g/mol. The van der Waals surface area contributed by atoms with E-state index in [0.29, 0.717) is 23.7 Å². The number of nitriles is 1. The van der Waals surface area contributed by atoms with Crippen LogP contribution in [0.3, 0.4) is 0 Å². The zero-order valence-electron chi connectivity index (χ0n) is 11.7. The summed E-state index contributed by atoms with van der Waals surface area (Å²) in [4.78, 5) is 6.34. The first kappa shape index (κ1) is 13.7. The third-order valence-corrected chi connectivity index (χ3v) is 4.01. The molecule has 1 aromatic carbocycles. The molecule has 21 heavy (non-hydrogen) atoms. The van der Waals surface area contributed by atoms with Crippen molar-refractivity contribution in [3.63, 3.8) is 0 Å². The molecule has 0 bridgehead atoms. The number of pyridine rings is 1. The molecule has 106 valence electrons. The van der Waals surface area contributed by atoms with Gasteiger partial charge in [-0.25, -0.2) is 4.39 Å². The number of aromatic nitrogens is 1. The van der Waals surface area contributed by atoms with Crippen LogP contribution in [-0.2, 0) is 6.54 Å². The Morgan fingerprint density at radius 3 is 2.81 bits per heavy atom. The number of nitrogens with zero attached hydrogens (tertiary/aromatic N) is 3. The molecule has 1 aliphatic rings. The molecule has 0 saturated carbocycles. The summed E-state index contributed by atoms with van der Waals surface area (Å²) in [6.07, 6.45) is 5.80. The van der Waals surface area contributed by atoms with Gasteiger partial charge in [-0.15, -0.1) is 0 Å². The van der Waals surface area contributed by atoms with E-state index in [9.17, 15) is 4.39 Å². The average molecular weight is 281 g/mol. The predicted molar refractivity (Wildman–Crippen MR) is 77.7 cm³/mol. The van der Waals surface area contributed by atoms with E-state index < -0.39 is 0 Å². The summed E-state index contributed by atoms with van der Waals surface area (Å²) >= 11 is 0. The Morgan fingerprint density at radius 1 is 1.29 bits per heavy atom. The summed E-state index contributed by atoms with van der Waals surface area (Å²) in [6, 6.07) is 11.0. The van der Waals surface area contributed by atoms with Crippen molar-refractivity contribution in [3.05, 3.63) is 65.2 Å². The van der Waals surface area contributed by atoms with Gasteiger partial charge < -0.3 is 0 Å². The number of hydrogen-bond donors (Lipinski definition) is 0. The zero-order chi connectivity index (χ0) is 14.7. The van der Waals surface area contributed by atoms with Gasteiger partial charge >= 0.3 is 0 Å². The highest BCUT2D eigenvalue weighted by Gasteiger charge is 2.26. The molecule has 3 rings (SSSR count). The maximum atomic E-state index is 14.0. The fourth-order valence-corrected chi connectivity index (χ4v) is 2.94. The Bertz CT molecular complexity index is 663. The summed E-state index contributed by atoms with van der Waals surface area (Å²) in [6.45, 7) is 1.54. The van der Waals surface area contributed by atoms with Crippen LogP contribution in [0.25, 0.3) is 0 Å². The summed E-state index contributed by atoms with van der Waals surface area (Å²) in [5.74, 6) is -0.297. The Hall–Kier alpha value is -2.25. The average Bonchev–Trinajstić information content (AvgIpc) is 2.98. The van der Waals surface area contributed by atoms with E-state index in [1.165, 1.54) is 11.6 Å². The molecule has 1 atom stereocenters. The van der Waals surface area contributed by atoms with Crippen molar-refractivity contribution in [2.24, 2.45) is 0 Å². The zero-order valence-corrected chi connectivity index (χ0v) is 11.7. The van der Waals surface area contributed by atoms with Gasteiger partial charge in [-0.05, 0) is 49.2 Å². The Morgan fingerprint density at radius 2 is 2.10 bits per heavy atom. The Kier molecular flexibility index (Phi) is 3.94. The minimum atomic E-state index is -0.297. The molecular weight excluding hydrogens is 265 g/mol. The summed E-state index contributed by atoms with van der Waals surface area (Å²) in [7, 11) is 0. The van der Waals surface area contributed by atoms with E-state index in [2.05, 4.69) is 9.88 Å². The fraction of sp³-hybridized carbons (Fsp3) is 0.294. The summed E-state index contributed by atoms with van der Waals surface area (Å²) in [5.41, 5.74) is 2.25. The van der Waals surface area contributed by atoms with E-state index in [-0.39, 0.29) is 5.82 Å². The number of likely N-dealkylation sites (tertiary alicyclic amines) is 1. The predicted octanol–water partition coefficient (Wildman–Crippen LogP) is 3.43. The lowest BCUT2D eigenvalue weighted by atomic mass is 10.1. The van der Waals surface area contributed by atoms with Gasteiger partial charge in [0.1, 0.15) is 5.82 Å². The van der Waals surface area contributed by atoms with Crippen LogP contribution >= 0.6 is 0 Å². The Balaban J connectivity index is 1.80. The quantitative estimate of drug-likeness (QED) is 0.865. The third-order valence-electron chi connectivity index (χ3n) is 4.01. The summed E-state index contributed by atoms with van der Waals surface area (Å²) in [5, 5.41) is 8.79. The van der Waals surface area contributed by atoms with Crippen LogP contribution in [0.4, 0.5) is 4.39 Å². The lowest BCUT2D eigenvalue weighted by Crippen LogP contribution is -2.23. The topological polar surface area (TPSA) is 39.9 Å². The number of halogens is 1. The molecule has 1 fully saturated rings. The molecule has 0 aliphatic carbocycles. The molecular formula is C17H16FN3. The molecule has 1 saturated heterocycles. The highest BCUT2D eigenvalue weighted by molar-refractivity contribution is 5.33. The number of hydrogen-bond acceptors (Lipinski definition) is 3. The van der Waals surface area contributed by atoms with E-state index in [1.807, 2.05) is 18.2 Å². The van der Waals surface area contributed by atoms with Crippen molar-refractivity contribution in [1.29, 1.82) is 5.26 Å². The van der Waals surface area contributed by atoms with E-state index in [4.69, 9.17) is 5.26 Å². The second-order valence-corrected chi connectivity index (χ2v) is 5.33. The van der Waals surface area contributed by atoms with Crippen LogP contribution in [0.5, 0.6) is 0 Å². The molecule has 2 aromatic rings. The van der Waals surface area contributed by atoms with Gasteiger partial charge in [-0.3, -0.25) is 9.88 Å². The molecule has 3 nitrogen and oxygen atoms in total. The Labute approximate surface area is 123 Å². The van der Waals surface area contributed by atoms with Crippen molar-refractivity contribution in [2.75, 3.05) is 6.54 Å². The highest BCUT2D eigenvalue weighted by Crippen LogP contribution is 2.33. The minimum Gasteiger partial charge on any atom is -0.292 e. The second-order valence-electron chi connectivity index (χ2n) is 5.33. The molecule has 4 heteroatoms. The van der Waals surface area contributed by atoms with Crippen molar-refractivity contribution in [1.82, 2.24) is 9.88 Å². The van der Waals surface area contributed by atoms with E-state index >= 15 is 0 Å². The lowest BCUT2D eigenvalue weighted by molar-refractivity contribution is 0.245. The number of rotatable bonds is 3. The van der Waals surface area contributed by atoms with Crippen LogP contribution in [0.2, 0.25) is 0 Å². The molecule has 0 spiro atoms. The minimum absolute atomic E-state index is 0.297. The van der Waals surface area contributed by atoms with Crippen LogP contribution in [0.1, 0.15) is 35.6 Å². The molecule has 1 aromatic heterocycles. The molecule has 0 amide bonds. The van der Waals surface area contributed by atoms with Gasteiger partial charge in [0.05, 0.1) is 11.6 Å². The maximum Gasteiger partial charge on any atom is 0.129 e. The van der Waals surface area contributed by atoms with Crippen molar-refractivity contribution in [3.8, 4) is 6.07 Å². The number of benzene rings is 1.